The number of ether oxygens (including phenoxy) is 1. The van der Waals surface area contributed by atoms with E-state index in [0.717, 1.165) is 35.7 Å². The van der Waals surface area contributed by atoms with Gasteiger partial charge in [0.05, 0.1) is 12.8 Å². The van der Waals surface area contributed by atoms with Crippen molar-refractivity contribution < 1.29 is 9.26 Å². The van der Waals surface area contributed by atoms with E-state index in [-0.39, 0.29) is 0 Å². The van der Waals surface area contributed by atoms with Gasteiger partial charge >= 0.3 is 0 Å². The molecule has 0 aliphatic heterocycles. The Labute approximate surface area is 120 Å². The van der Waals surface area contributed by atoms with E-state index in [1.165, 1.54) is 5.56 Å². The van der Waals surface area contributed by atoms with Gasteiger partial charge < -0.3 is 14.6 Å². The Morgan fingerprint density at radius 3 is 2.70 bits per heavy atom. The molecule has 0 spiro atoms. The fourth-order valence-electron chi connectivity index (χ4n) is 2.30. The minimum absolute atomic E-state index is 0.347. The van der Waals surface area contributed by atoms with E-state index < -0.39 is 0 Å². The van der Waals surface area contributed by atoms with E-state index in [0.29, 0.717) is 6.04 Å². The van der Waals surface area contributed by atoms with Gasteiger partial charge in [0.25, 0.3) is 0 Å². The normalized spacial score (nSPS) is 12.4. The molecule has 4 nitrogen and oxygen atoms in total. The number of aryl methyl sites for hydroxylation is 2. The number of aromatic nitrogens is 1. The van der Waals surface area contributed by atoms with Crippen molar-refractivity contribution in [2.75, 3.05) is 7.11 Å². The fourth-order valence-corrected chi connectivity index (χ4v) is 2.30. The summed E-state index contributed by atoms with van der Waals surface area (Å²) < 4.78 is 10.6. The minimum Gasteiger partial charge on any atom is -0.496 e. The third-order valence-corrected chi connectivity index (χ3v) is 3.53. The van der Waals surface area contributed by atoms with Crippen molar-refractivity contribution in [2.45, 2.75) is 39.8 Å². The van der Waals surface area contributed by atoms with Crippen molar-refractivity contribution in [3.63, 3.8) is 0 Å². The van der Waals surface area contributed by atoms with Gasteiger partial charge in [0.2, 0.25) is 0 Å². The summed E-state index contributed by atoms with van der Waals surface area (Å²) in [5, 5.41) is 7.48. The number of benzene rings is 1. The van der Waals surface area contributed by atoms with Crippen molar-refractivity contribution in [3.05, 3.63) is 46.8 Å². The molecular formula is C16H22N2O2. The molecule has 0 radical (unpaired) electrons. The zero-order chi connectivity index (χ0) is 14.5. The van der Waals surface area contributed by atoms with E-state index >= 15 is 0 Å². The quantitative estimate of drug-likeness (QED) is 0.879. The SMILES string of the molecule is COc1ccccc1C[C@H](C)NCc1c(C)noc1C. The van der Waals surface area contributed by atoms with E-state index in [1.807, 2.05) is 32.0 Å². The highest BCUT2D eigenvalue weighted by Crippen LogP contribution is 2.19. The average molecular weight is 274 g/mol. The van der Waals surface area contributed by atoms with Crippen LogP contribution in [-0.4, -0.2) is 18.3 Å². The molecule has 1 heterocycles. The van der Waals surface area contributed by atoms with Crippen molar-refractivity contribution in [2.24, 2.45) is 0 Å². The molecule has 2 aromatic rings. The van der Waals surface area contributed by atoms with Crippen LogP contribution >= 0.6 is 0 Å². The highest BCUT2D eigenvalue weighted by atomic mass is 16.5. The average Bonchev–Trinajstić information content (AvgIpc) is 2.76. The van der Waals surface area contributed by atoms with Gasteiger partial charge in [-0.15, -0.1) is 0 Å². The van der Waals surface area contributed by atoms with Crippen LogP contribution in [0.5, 0.6) is 5.75 Å². The molecule has 0 bridgehead atoms. The Hall–Kier alpha value is -1.81. The molecule has 0 fully saturated rings. The van der Waals surface area contributed by atoms with Crippen LogP contribution in [0.4, 0.5) is 0 Å². The summed E-state index contributed by atoms with van der Waals surface area (Å²) in [4.78, 5) is 0. The van der Waals surface area contributed by atoms with E-state index in [9.17, 15) is 0 Å². The van der Waals surface area contributed by atoms with Crippen molar-refractivity contribution in [3.8, 4) is 5.75 Å². The minimum atomic E-state index is 0.347. The zero-order valence-electron chi connectivity index (χ0n) is 12.6. The monoisotopic (exact) mass is 274 g/mol. The molecule has 1 aromatic heterocycles. The van der Waals surface area contributed by atoms with Gasteiger partial charge in [0.15, 0.2) is 0 Å². The van der Waals surface area contributed by atoms with Gasteiger partial charge in [-0.3, -0.25) is 0 Å². The Morgan fingerprint density at radius 1 is 1.30 bits per heavy atom. The van der Waals surface area contributed by atoms with E-state index in [2.05, 4.69) is 23.5 Å². The number of methoxy groups -OCH3 is 1. The Bertz CT molecular complexity index is 544. The number of nitrogens with zero attached hydrogens (tertiary/aromatic N) is 1. The maximum Gasteiger partial charge on any atom is 0.138 e. The number of hydrogen-bond donors (Lipinski definition) is 1. The van der Waals surface area contributed by atoms with Crippen molar-refractivity contribution >= 4 is 0 Å². The number of nitrogens with one attached hydrogen (secondary N) is 1. The number of hydrogen-bond acceptors (Lipinski definition) is 4. The molecule has 0 unspecified atom stereocenters. The molecule has 0 aliphatic rings. The molecule has 20 heavy (non-hydrogen) atoms. The molecule has 108 valence electrons. The van der Waals surface area contributed by atoms with Gasteiger partial charge in [-0.2, -0.15) is 0 Å². The number of para-hydroxylation sites is 1. The lowest BCUT2D eigenvalue weighted by molar-refractivity contribution is 0.391. The van der Waals surface area contributed by atoms with Gasteiger partial charge in [0, 0.05) is 18.2 Å². The van der Waals surface area contributed by atoms with Crippen LogP contribution in [0.3, 0.4) is 0 Å². The smallest absolute Gasteiger partial charge is 0.138 e. The Morgan fingerprint density at radius 2 is 2.05 bits per heavy atom. The van der Waals surface area contributed by atoms with Gasteiger partial charge in [-0.25, -0.2) is 0 Å². The predicted molar refractivity (Wildman–Crippen MR) is 79.0 cm³/mol. The molecular weight excluding hydrogens is 252 g/mol. The van der Waals surface area contributed by atoms with Crippen LogP contribution in [0.25, 0.3) is 0 Å². The molecule has 0 saturated carbocycles. The maximum atomic E-state index is 5.38. The molecule has 4 heteroatoms. The Balaban J connectivity index is 1.94. The van der Waals surface area contributed by atoms with Crippen LogP contribution in [0.15, 0.2) is 28.8 Å². The molecule has 0 amide bonds. The number of rotatable bonds is 6. The second-order valence-corrected chi connectivity index (χ2v) is 5.10. The first-order chi connectivity index (χ1) is 9.61. The summed E-state index contributed by atoms with van der Waals surface area (Å²) in [7, 11) is 1.71. The highest BCUT2D eigenvalue weighted by molar-refractivity contribution is 5.33. The van der Waals surface area contributed by atoms with E-state index in [1.54, 1.807) is 7.11 Å². The molecule has 0 aliphatic carbocycles. The molecule has 2 rings (SSSR count). The first kappa shape index (κ1) is 14.6. The first-order valence-electron chi connectivity index (χ1n) is 6.88. The van der Waals surface area contributed by atoms with Crippen LogP contribution in [-0.2, 0) is 13.0 Å². The second-order valence-electron chi connectivity index (χ2n) is 5.10. The highest BCUT2D eigenvalue weighted by Gasteiger charge is 2.11. The van der Waals surface area contributed by atoms with Crippen LogP contribution in [0.1, 0.15) is 29.5 Å². The lowest BCUT2D eigenvalue weighted by atomic mass is 10.1. The van der Waals surface area contributed by atoms with Gasteiger partial charge in [0.1, 0.15) is 11.5 Å². The maximum absolute atomic E-state index is 5.38. The lowest BCUT2D eigenvalue weighted by Gasteiger charge is -2.15. The lowest BCUT2D eigenvalue weighted by Crippen LogP contribution is -2.28. The fraction of sp³-hybridized carbons (Fsp3) is 0.438. The first-order valence-corrected chi connectivity index (χ1v) is 6.88. The second kappa shape index (κ2) is 6.57. The molecule has 1 aromatic carbocycles. The third kappa shape index (κ3) is 3.39. The summed E-state index contributed by atoms with van der Waals surface area (Å²) >= 11 is 0. The molecule has 1 N–H and O–H groups in total. The molecule has 1 atom stereocenters. The predicted octanol–water partition coefficient (Wildman–Crippen LogP) is 3.02. The molecule has 0 saturated heterocycles. The summed E-state index contributed by atoms with van der Waals surface area (Å²) in [6.45, 7) is 6.86. The summed E-state index contributed by atoms with van der Waals surface area (Å²) in [6.07, 6.45) is 0.924. The van der Waals surface area contributed by atoms with Crippen LogP contribution < -0.4 is 10.1 Å². The summed E-state index contributed by atoms with van der Waals surface area (Å²) in [5.74, 6) is 1.83. The van der Waals surface area contributed by atoms with Crippen LogP contribution in [0, 0.1) is 13.8 Å². The van der Waals surface area contributed by atoms with Gasteiger partial charge in [-0.1, -0.05) is 23.4 Å². The zero-order valence-corrected chi connectivity index (χ0v) is 12.6. The van der Waals surface area contributed by atoms with E-state index in [4.69, 9.17) is 9.26 Å². The summed E-state index contributed by atoms with van der Waals surface area (Å²) in [6, 6.07) is 8.48. The third-order valence-electron chi connectivity index (χ3n) is 3.53. The van der Waals surface area contributed by atoms with Crippen LogP contribution in [0.2, 0.25) is 0 Å². The Kier molecular flexibility index (Phi) is 4.79. The topological polar surface area (TPSA) is 47.3 Å². The van der Waals surface area contributed by atoms with Crippen molar-refractivity contribution in [1.29, 1.82) is 0 Å². The van der Waals surface area contributed by atoms with Crippen molar-refractivity contribution in [1.82, 2.24) is 10.5 Å². The summed E-state index contributed by atoms with van der Waals surface area (Å²) in [5.41, 5.74) is 3.32. The van der Waals surface area contributed by atoms with Gasteiger partial charge in [-0.05, 0) is 38.8 Å². The standard InChI is InChI=1S/C16H22N2O2/c1-11(9-14-7-5-6-8-16(14)19-4)17-10-15-12(2)18-20-13(15)3/h5-8,11,17H,9-10H2,1-4H3/t11-/m0/s1. The largest absolute Gasteiger partial charge is 0.496 e.